The van der Waals surface area contributed by atoms with E-state index in [4.69, 9.17) is 5.10 Å². The number of aryl methyl sites for hydroxylation is 3. The van der Waals surface area contributed by atoms with E-state index < -0.39 is 15.4 Å². The SMILES string of the molecule is Cc1nn(C)c2c1C(c1c(C)nn(C3(C)CCS(=O)(=O)C3)c1C)SCC(=O)N2. The fraction of sp³-hybridized carbons (Fsp3) is 0.611. The summed E-state index contributed by atoms with van der Waals surface area (Å²) < 4.78 is 27.8. The molecule has 2 aliphatic heterocycles. The van der Waals surface area contributed by atoms with Crippen LogP contribution >= 0.6 is 11.8 Å². The van der Waals surface area contributed by atoms with Gasteiger partial charge in [-0.3, -0.25) is 14.2 Å². The second-order valence-electron chi connectivity index (χ2n) is 8.05. The molecule has 0 aromatic carbocycles. The van der Waals surface area contributed by atoms with Gasteiger partial charge in [-0.2, -0.15) is 10.2 Å². The van der Waals surface area contributed by atoms with Crippen LogP contribution in [-0.2, 0) is 27.2 Å². The summed E-state index contributed by atoms with van der Waals surface area (Å²) in [5.41, 5.74) is 4.20. The zero-order valence-electron chi connectivity index (χ0n) is 16.7. The van der Waals surface area contributed by atoms with Gasteiger partial charge in [0, 0.05) is 23.9 Å². The first-order valence-electron chi connectivity index (χ1n) is 9.24. The number of hydrogen-bond acceptors (Lipinski definition) is 6. The molecule has 4 rings (SSSR count). The number of sulfone groups is 1. The van der Waals surface area contributed by atoms with E-state index in [0.29, 0.717) is 12.2 Å². The summed E-state index contributed by atoms with van der Waals surface area (Å²) in [5.74, 6) is 1.32. The molecule has 1 amide bonds. The predicted molar refractivity (Wildman–Crippen MR) is 109 cm³/mol. The van der Waals surface area contributed by atoms with Gasteiger partial charge in [0.1, 0.15) is 5.82 Å². The number of anilines is 1. The number of rotatable bonds is 2. The highest BCUT2D eigenvalue weighted by molar-refractivity contribution is 8.00. The highest BCUT2D eigenvalue weighted by Gasteiger charge is 2.43. The predicted octanol–water partition coefficient (Wildman–Crippen LogP) is 1.85. The number of nitrogens with zero attached hydrogens (tertiary/aromatic N) is 4. The second-order valence-corrected chi connectivity index (χ2v) is 11.3. The van der Waals surface area contributed by atoms with Crippen molar-refractivity contribution < 1.29 is 13.2 Å². The molecule has 1 N–H and O–H groups in total. The molecule has 10 heteroatoms. The Morgan fingerprint density at radius 2 is 1.86 bits per heavy atom. The maximum Gasteiger partial charge on any atom is 0.235 e. The Morgan fingerprint density at radius 3 is 2.50 bits per heavy atom. The van der Waals surface area contributed by atoms with Crippen LogP contribution in [-0.4, -0.2) is 51.1 Å². The third-order valence-corrected chi connectivity index (χ3v) is 8.89. The molecule has 0 saturated carbocycles. The number of nitrogens with one attached hydrogen (secondary N) is 1. The van der Waals surface area contributed by atoms with E-state index in [1.165, 1.54) is 0 Å². The maximum absolute atomic E-state index is 12.2. The summed E-state index contributed by atoms with van der Waals surface area (Å²) in [6.07, 6.45) is 0.561. The van der Waals surface area contributed by atoms with Gasteiger partial charge in [-0.05, 0) is 34.1 Å². The highest BCUT2D eigenvalue weighted by Crippen LogP contribution is 2.46. The van der Waals surface area contributed by atoms with Gasteiger partial charge in [-0.25, -0.2) is 8.42 Å². The number of hydrogen-bond donors (Lipinski definition) is 1. The van der Waals surface area contributed by atoms with Crippen molar-refractivity contribution >= 4 is 33.3 Å². The molecular formula is C18H25N5O3S2. The lowest BCUT2D eigenvalue weighted by Crippen LogP contribution is -2.33. The Labute approximate surface area is 169 Å². The Bertz CT molecular complexity index is 1090. The van der Waals surface area contributed by atoms with Crippen molar-refractivity contribution in [3.8, 4) is 0 Å². The molecule has 0 bridgehead atoms. The first kappa shape index (κ1) is 19.5. The third kappa shape index (κ3) is 2.97. The molecule has 0 radical (unpaired) electrons. The lowest BCUT2D eigenvalue weighted by atomic mass is 9.99. The van der Waals surface area contributed by atoms with Crippen LogP contribution < -0.4 is 5.32 Å². The zero-order valence-corrected chi connectivity index (χ0v) is 18.4. The fourth-order valence-electron chi connectivity index (χ4n) is 4.50. The topological polar surface area (TPSA) is 98.9 Å². The molecule has 2 aromatic rings. The molecule has 2 aromatic heterocycles. The van der Waals surface area contributed by atoms with Crippen molar-refractivity contribution in [1.82, 2.24) is 19.6 Å². The van der Waals surface area contributed by atoms with Crippen LogP contribution in [0.25, 0.3) is 0 Å². The molecule has 1 saturated heterocycles. The van der Waals surface area contributed by atoms with Crippen molar-refractivity contribution in [2.24, 2.45) is 7.05 Å². The van der Waals surface area contributed by atoms with E-state index >= 15 is 0 Å². The second kappa shape index (κ2) is 6.35. The Morgan fingerprint density at radius 1 is 1.18 bits per heavy atom. The molecule has 2 unspecified atom stereocenters. The van der Waals surface area contributed by atoms with E-state index in [2.05, 4.69) is 10.4 Å². The van der Waals surface area contributed by atoms with Gasteiger partial charge in [0.05, 0.1) is 39.4 Å². The van der Waals surface area contributed by atoms with Crippen LogP contribution in [0.4, 0.5) is 5.82 Å². The molecule has 28 heavy (non-hydrogen) atoms. The summed E-state index contributed by atoms with van der Waals surface area (Å²) in [7, 11) is -1.22. The standard InChI is InChI=1S/C18H25N5O3S2/c1-10-14(12(3)23(21-10)18(4)6-7-28(25,26)9-18)16-15-11(2)20-22(5)17(15)19-13(24)8-27-16/h16H,6-9H2,1-5H3,(H,19,24). The van der Waals surface area contributed by atoms with Crippen LogP contribution in [0.2, 0.25) is 0 Å². The average molecular weight is 424 g/mol. The van der Waals surface area contributed by atoms with Gasteiger partial charge in [0.2, 0.25) is 5.91 Å². The van der Waals surface area contributed by atoms with Crippen LogP contribution in [0.3, 0.4) is 0 Å². The molecular weight excluding hydrogens is 398 g/mol. The van der Waals surface area contributed by atoms with Gasteiger partial charge >= 0.3 is 0 Å². The van der Waals surface area contributed by atoms with Crippen molar-refractivity contribution in [2.45, 2.75) is 44.9 Å². The number of fused-ring (bicyclic) bond motifs is 1. The maximum atomic E-state index is 12.2. The van der Waals surface area contributed by atoms with Gasteiger partial charge in [0.25, 0.3) is 0 Å². The number of amides is 1. The monoisotopic (exact) mass is 423 g/mol. The summed E-state index contributed by atoms with van der Waals surface area (Å²) in [4.78, 5) is 12.2. The van der Waals surface area contributed by atoms with E-state index in [-0.39, 0.29) is 22.7 Å². The zero-order chi connectivity index (χ0) is 20.4. The Balaban J connectivity index is 1.86. The largest absolute Gasteiger partial charge is 0.310 e. The lowest BCUT2D eigenvalue weighted by Gasteiger charge is -2.25. The van der Waals surface area contributed by atoms with Crippen LogP contribution in [0, 0.1) is 20.8 Å². The van der Waals surface area contributed by atoms with Crippen LogP contribution in [0.1, 0.15) is 46.8 Å². The van der Waals surface area contributed by atoms with Gasteiger partial charge < -0.3 is 5.32 Å². The molecule has 0 aliphatic carbocycles. The van der Waals surface area contributed by atoms with Crippen molar-refractivity contribution in [2.75, 3.05) is 22.6 Å². The summed E-state index contributed by atoms with van der Waals surface area (Å²) in [6, 6.07) is 0. The van der Waals surface area contributed by atoms with Gasteiger partial charge in [0.15, 0.2) is 9.84 Å². The van der Waals surface area contributed by atoms with Gasteiger partial charge in [-0.15, -0.1) is 11.8 Å². The summed E-state index contributed by atoms with van der Waals surface area (Å²) in [5, 5.41) is 12.2. The normalized spacial score (nSPS) is 26.8. The minimum atomic E-state index is -3.05. The van der Waals surface area contributed by atoms with E-state index in [0.717, 1.165) is 34.0 Å². The summed E-state index contributed by atoms with van der Waals surface area (Å²) >= 11 is 1.56. The minimum absolute atomic E-state index is 0.0479. The molecule has 1 fully saturated rings. The average Bonchev–Trinajstić information content (AvgIpc) is 3.09. The van der Waals surface area contributed by atoms with Crippen LogP contribution in [0.15, 0.2) is 0 Å². The van der Waals surface area contributed by atoms with E-state index in [9.17, 15) is 13.2 Å². The number of carbonyl (C=O) groups excluding carboxylic acids is 1. The number of carbonyl (C=O) groups is 1. The van der Waals surface area contributed by atoms with Crippen molar-refractivity contribution in [3.63, 3.8) is 0 Å². The smallest absolute Gasteiger partial charge is 0.235 e. The first-order valence-corrected chi connectivity index (χ1v) is 12.1. The van der Waals surface area contributed by atoms with E-state index in [1.54, 1.807) is 16.4 Å². The van der Waals surface area contributed by atoms with Crippen molar-refractivity contribution in [3.05, 3.63) is 28.2 Å². The Kier molecular flexibility index (Phi) is 4.42. The van der Waals surface area contributed by atoms with Crippen LogP contribution in [0.5, 0.6) is 0 Å². The highest BCUT2D eigenvalue weighted by atomic mass is 32.2. The molecule has 2 aliphatic rings. The fourth-order valence-corrected chi connectivity index (χ4v) is 7.95. The molecule has 8 nitrogen and oxygen atoms in total. The Hall–Kier alpha value is -1.81. The molecule has 2 atom stereocenters. The number of thioether (sulfide) groups is 1. The molecule has 4 heterocycles. The molecule has 152 valence electrons. The molecule has 0 spiro atoms. The van der Waals surface area contributed by atoms with Crippen molar-refractivity contribution in [1.29, 1.82) is 0 Å². The quantitative estimate of drug-likeness (QED) is 0.791. The van der Waals surface area contributed by atoms with E-state index in [1.807, 2.05) is 39.4 Å². The first-order chi connectivity index (χ1) is 13.0. The third-order valence-electron chi connectivity index (χ3n) is 5.77. The van der Waals surface area contributed by atoms with Gasteiger partial charge in [-0.1, -0.05) is 0 Å². The minimum Gasteiger partial charge on any atom is -0.310 e. The lowest BCUT2D eigenvalue weighted by molar-refractivity contribution is -0.113. The summed E-state index contributed by atoms with van der Waals surface area (Å²) in [6.45, 7) is 7.87. The number of aromatic nitrogens is 4.